The van der Waals surface area contributed by atoms with Gasteiger partial charge in [-0.2, -0.15) is 0 Å². The summed E-state index contributed by atoms with van der Waals surface area (Å²) in [6, 6.07) is 0. The number of aliphatic hydroxyl groups is 1. The van der Waals surface area contributed by atoms with Crippen LogP contribution in [-0.2, 0) is 38.1 Å². The van der Waals surface area contributed by atoms with Crippen LogP contribution in [0.2, 0.25) is 0 Å². The SMILES string of the molecule is COC(=O)C(OC(C)=O)C(OC(C)=O)C(N)(CO)OC(C)=O. The first-order valence-electron chi connectivity index (χ1n) is 6.09. The maximum atomic E-state index is 11.8. The third kappa shape index (κ3) is 5.66. The molecule has 3 atom stereocenters. The van der Waals surface area contributed by atoms with Crippen molar-refractivity contribution in [3.8, 4) is 0 Å². The molecule has 22 heavy (non-hydrogen) atoms. The molecule has 0 rings (SSSR count). The zero-order chi connectivity index (χ0) is 17.5. The number of carbonyl (C=O) groups is 4. The first-order chi connectivity index (χ1) is 10.1. The molecule has 0 fully saturated rings. The zero-order valence-electron chi connectivity index (χ0n) is 12.7. The van der Waals surface area contributed by atoms with Gasteiger partial charge >= 0.3 is 23.9 Å². The number of methoxy groups -OCH3 is 1. The number of nitrogens with two attached hydrogens (primary N) is 1. The number of aliphatic hydroxyl groups excluding tert-OH is 1. The van der Waals surface area contributed by atoms with Crippen LogP contribution in [0.3, 0.4) is 0 Å². The standard InChI is InChI=1S/C12H19NO9/c1-6(15)20-9(11(18)19-4)10(21-7(2)16)12(13,5-14)22-8(3)17/h9-10,14H,5,13H2,1-4H3. The minimum atomic E-state index is -2.31. The Morgan fingerprint density at radius 3 is 1.86 bits per heavy atom. The average Bonchev–Trinajstić information content (AvgIpc) is 2.40. The maximum Gasteiger partial charge on any atom is 0.351 e. The van der Waals surface area contributed by atoms with Gasteiger partial charge in [-0.1, -0.05) is 0 Å². The van der Waals surface area contributed by atoms with Gasteiger partial charge in [0.25, 0.3) is 0 Å². The molecular formula is C12H19NO9. The van der Waals surface area contributed by atoms with E-state index in [1.54, 1.807) is 0 Å². The van der Waals surface area contributed by atoms with Gasteiger partial charge in [-0.25, -0.2) is 4.79 Å². The average molecular weight is 321 g/mol. The van der Waals surface area contributed by atoms with E-state index < -0.39 is 48.4 Å². The summed E-state index contributed by atoms with van der Waals surface area (Å²) in [5.74, 6) is -3.85. The minimum Gasteiger partial charge on any atom is -0.466 e. The van der Waals surface area contributed by atoms with Gasteiger partial charge in [0.1, 0.15) is 6.61 Å². The molecule has 0 heterocycles. The highest BCUT2D eigenvalue weighted by molar-refractivity contribution is 5.80. The molecule has 3 unspecified atom stereocenters. The Kier molecular flexibility index (Phi) is 7.46. The Morgan fingerprint density at radius 1 is 1.05 bits per heavy atom. The fourth-order valence-electron chi connectivity index (χ4n) is 1.57. The van der Waals surface area contributed by atoms with Crippen molar-refractivity contribution in [1.29, 1.82) is 0 Å². The lowest BCUT2D eigenvalue weighted by Gasteiger charge is -2.36. The molecule has 3 N–H and O–H groups in total. The van der Waals surface area contributed by atoms with Crippen molar-refractivity contribution in [2.75, 3.05) is 13.7 Å². The Morgan fingerprint density at radius 2 is 1.55 bits per heavy atom. The van der Waals surface area contributed by atoms with Gasteiger partial charge in [-0.15, -0.1) is 0 Å². The topological polar surface area (TPSA) is 151 Å². The first kappa shape index (κ1) is 19.8. The first-order valence-corrected chi connectivity index (χ1v) is 6.09. The third-order valence-electron chi connectivity index (χ3n) is 2.36. The van der Waals surface area contributed by atoms with E-state index in [0.29, 0.717) is 0 Å². The molecule has 0 saturated carbocycles. The molecule has 0 aromatic heterocycles. The molecule has 0 saturated heterocycles. The van der Waals surface area contributed by atoms with Crippen molar-refractivity contribution in [2.24, 2.45) is 5.73 Å². The number of hydrogen-bond donors (Lipinski definition) is 2. The van der Waals surface area contributed by atoms with Crippen molar-refractivity contribution < 1.29 is 43.2 Å². The second kappa shape index (κ2) is 8.29. The molecular weight excluding hydrogens is 302 g/mol. The predicted octanol–water partition coefficient (Wildman–Crippen LogP) is -1.77. The predicted molar refractivity (Wildman–Crippen MR) is 68.9 cm³/mol. The van der Waals surface area contributed by atoms with Crippen molar-refractivity contribution in [2.45, 2.75) is 38.7 Å². The summed E-state index contributed by atoms with van der Waals surface area (Å²) < 4.78 is 18.7. The summed E-state index contributed by atoms with van der Waals surface area (Å²) >= 11 is 0. The highest BCUT2D eigenvalue weighted by Crippen LogP contribution is 2.21. The lowest BCUT2D eigenvalue weighted by atomic mass is 10.0. The van der Waals surface area contributed by atoms with Crippen LogP contribution >= 0.6 is 0 Å². The number of hydrogen-bond acceptors (Lipinski definition) is 10. The molecule has 0 aromatic rings. The van der Waals surface area contributed by atoms with E-state index in [1.165, 1.54) is 0 Å². The summed E-state index contributed by atoms with van der Waals surface area (Å²) in [4.78, 5) is 45.2. The van der Waals surface area contributed by atoms with Crippen LogP contribution in [0.25, 0.3) is 0 Å². The molecule has 126 valence electrons. The van der Waals surface area contributed by atoms with E-state index in [4.69, 9.17) is 19.9 Å². The fraction of sp³-hybridized carbons (Fsp3) is 0.667. The lowest BCUT2D eigenvalue weighted by molar-refractivity contribution is -0.214. The van der Waals surface area contributed by atoms with E-state index in [2.05, 4.69) is 4.74 Å². The molecule has 0 bridgehead atoms. The van der Waals surface area contributed by atoms with Crippen molar-refractivity contribution in [1.82, 2.24) is 0 Å². The molecule has 0 aliphatic carbocycles. The van der Waals surface area contributed by atoms with Crippen LogP contribution in [0.4, 0.5) is 0 Å². The molecule has 0 aliphatic heterocycles. The van der Waals surface area contributed by atoms with Crippen molar-refractivity contribution in [3.63, 3.8) is 0 Å². The quantitative estimate of drug-likeness (QED) is 0.313. The number of rotatable bonds is 7. The maximum absolute atomic E-state index is 11.8. The molecule has 0 radical (unpaired) electrons. The van der Waals surface area contributed by atoms with E-state index in [-0.39, 0.29) is 0 Å². The van der Waals surface area contributed by atoms with Gasteiger partial charge in [0, 0.05) is 20.8 Å². The van der Waals surface area contributed by atoms with Crippen LogP contribution in [0.15, 0.2) is 0 Å². The van der Waals surface area contributed by atoms with Gasteiger partial charge in [-0.3, -0.25) is 20.1 Å². The van der Waals surface area contributed by atoms with Gasteiger partial charge in [0.2, 0.25) is 17.9 Å². The smallest absolute Gasteiger partial charge is 0.351 e. The van der Waals surface area contributed by atoms with Crippen LogP contribution in [0, 0.1) is 0 Å². The fourth-order valence-corrected chi connectivity index (χ4v) is 1.57. The summed E-state index contributed by atoms with van der Waals surface area (Å²) in [5, 5.41) is 9.37. The van der Waals surface area contributed by atoms with Gasteiger partial charge < -0.3 is 24.1 Å². The van der Waals surface area contributed by atoms with Crippen LogP contribution < -0.4 is 5.73 Å². The summed E-state index contributed by atoms with van der Waals surface area (Å²) in [5.41, 5.74) is 3.38. The molecule has 0 aromatic carbocycles. The second-order valence-electron chi connectivity index (χ2n) is 4.29. The molecule has 0 aliphatic rings. The Labute approximate surface area is 126 Å². The van der Waals surface area contributed by atoms with Crippen molar-refractivity contribution in [3.05, 3.63) is 0 Å². The summed E-state index contributed by atoms with van der Waals surface area (Å²) in [6.07, 6.45) is -3.64. The van der Waals surface area contributed by atoms with E-state index in [9.17, 15) is 24.3 Å². The summed E-state index contributed by atoms with van der Waals surface area (Å²) in [6.45, 7) is 1.95. The Balaban J connectivity index is 5.79. The zero-order valence-corrected chi connectivity index (χ0v) is 12.7. The van der Waals surface area contributed by atoms with Crippen LogP contribution in [0.1, 0.15) is 20.8 Å². The minimum absolute atomic E-state index is 0.907. The lowest BCUT2D eigenvalue weighted by Crippen LogP contribution is -2.64. The molecule has 10 nitrogen and oxygen atoms in total. The normalized spacial score (nSPS) is 15.7. The molecule has 10 heteroatoms. The van der Waals surface area contributed by atoms with E-state index >= 15 is 0 Å². The third-order valence-corrected chi connectivity index (χ3v) is 2.36. The monoisotopic (exact) mass is 321 g/mol. The highest BCUT2D eigenvalue weighted by atomic mass is 16.6. The van der Waals surface area contributed by atoms with E-state index in [1.807, 2.05) is 0 Å². The molecule has 0 amide bonds. The van der Waals surface area contributed by atoms with E-state index in [0.717, 1.165) is 27.9 Å². The Hall–Kier alpha value is -2.20. The number of ether oxygens (including phenoxy) is 4. The largest absolute Gasteiger partial charge is 0.466 e. The van der Waals surface area contributed by atoms with Crippen molar-refractivity contribution >= 4 is 23.9 Å². The van der Waals surface area contributed by atoms with Crippen LogP contribution in [-0.4, -0.2) is 60.6 Å². The number of carbonyl (C=O) groups excluding carboxylic acids is 4. The highest BCUT2D eigenvalue weighted by Gasteiger charge is 2.50. The molecule has 0 spiro atoms. The van der Waals surface area contributed by atoms with Crippen LogP contribution in [0.5, 0.6) is 0 Å². The number of esters is 4. The second-order valence-corrected chi connectivity index (χ2v) is 4.29. The van der Waals surface area contributed by atoms with Gasteiger partial charge in [-0.05, 0) is 0 Å². The summed E-state index contributed by atoms with van der Waals surface area (Å²) in [7, 11) is 0.993. The van der Waals surface area contributed by atoms with Gasteiger partial charge in [0.05, 0.1) is 7.11 Å². The Bertz CT molecular complexity index is 450. The van der Waals surface area contributed by atoms with Gasteiger partial charge in [0.15, 0.2) is 0 Å².